The van der Waals surface area contributed by atoms with Crippen LogP contribution in [-0.4, -0.2) is 29.8 Å². The zero-order valence-corrected chi connectivity index (χ0v) is 13.5. The van der Waals surface area contributed by atoms with Crippen molar-refractivity contribution in [2.24, 2.45) is 5.92 Å². The molecule has 25 heavy (non-hydrogen) atoms. The Morgan fingerprint density at radius 2 is 1.56 bits per heavy atom. The minimum absolute atomic E-state index is 0.0494. The van der Waals surface area contributed by atoms with Crippen molar-refractivity contribution in [2.45, 2.75) is 12.8 Å². The minimum Gasteiger partial charge on any atom is -0.339 e. The third kappa shape index (κ3) is 4.21. The second-order valence-corrected chi connectivity index (χ2v) is 6.08. The Labute approximate surface area is 144 Å². The van der Waals surface area contributed by atoms with Crippen LogP contribution in [-0.2, 0) is 4.79 Å². The lowest BCUT2D eigenvalue weighted by Gasteiger charge is -2.31. The van der Waals surface area contributed by atoms with Crippen molar-refractivity contribution in [3.63, 3.8) is 0 Å². The third-order valence-electron chi connectivity index (χ3n) is 4.30. The second-order valence-electron chi connectivity index (χ2n) is 6.08. The second kappa shape index (κ2) is 7.42. The highest BCUT2D eigenvalue weighted by Gasteiger charge is 2.27. The van der Waals surface area contributed by atoms with E-state index in [-0.39, 0.29) is 23.4 Å². The molecule has 1 aliphatic heterocycles. The molecule has 1 heterocycles. The summed E-state index contributed by atoms with van der Waals surface area (Å²) in [5.41, 5.74) is 0.728. The van der Waals surface area contributed by atoms with Crippen LogP contribution in [0.25, 0.3) is 0 Å². The topological polar surface area (TPSA) is 49.4 Å². The lowest BCUT2D eigenvalue weighted by atomic mass is 9.95. The van der Waals surface area contributed by atoms with Crippen LogP contribution in [0.3, 0.4) is 0 Å². The van der Waals surface area contributed by atoms with Crippen LogP contribution >= 0.6 is 0 Å². The maximum atomic E-state index is 13.2. The number of carbonyl (C=O) groups excluding carboxylic acids is 2. The molecule has 1 saturated heterocycles. The highest BCUT2D eigenvalue weighted by molar-refractivity contribution is 5.95. The van der Waals surface area contributed by atoms with Gasteiger partial charge in [0, 0.05) is 36.3 Å². The number of anilines is 1. The number of piperidine rings is 1. The largest absolute Gasteiger partial charge is 0.339 e. The van der Waals surface area contributed by atoms with E-state index in [0.29, 0.717) is 31.5 Å². The number of rotatable bonds is 3. The van der Waals surface area contributed by atoms with Gasteiger partial charge in [-0.2, -0.15) is 0 Å². The van der Waals surface area contributed by atoms with Crippen LogP contribution < -0.4 is 5.32 Å². The maximum Gasteiger partial charge on any atom is 0.253 e. The van der Waals surface area contributed by atoms with Crippen molar-refractivity contribution in [1.82, 2.24) is 4.90 Å². The summed E-state index contributed by atoms with van der Waals surface area (Å²) < 4.78 is 26.4. The SMILES string of the molecule is O=C(Nc1cc(F)cc(F)c1)C1CCN(C(=O)c2ccccc2)CC1. The van der Waals surface area contributed by atoms with Crippen molar-refractivity contribution in [3.05, 3.63) is 65.7 Å². The molecule has 0 aromatic heterocycles. The number of hydrogen-bond donors (Lipinski definition) is 1. The average molecular weight is 344 g/mol. The fourth-order valence-electron chi connectivity index (χ4n) is 2.98. The molecule has 2 aromatic rings. The Hall–Kier alpha value is -2.76. The van der Waals surface area contributed by atoms with Crippen molar-refractivity contribution in [3.8, 4) is 0 Å². The van der Waals surface area contributed by atoms with Gasteiger partial charge in [-0.05, 0) is 37.1 Å². The van der Waals surface area contributed by atoms with Gasteiger partial charge in [-0.15, -0.1) is 0 Å². The number of likely N-dealkylation sites (tertiary alicyclic amines) is 1. The average Bonchev–Trinajstić information content (AvgIpc) is 2.61. The van der Waals surface area contributed by atoms with Crippen molar-refractivity contribution in [2.75, 3.05) is 18.4 Å². The fraction of sp³-hybridized carbons (Fsp3) is 0.263. The Morgan fingerprint density at radius 1 is 0.960 bits per heavy atom. The van der Waals surface area contributed by atoms with Crippen LogP contribution in [0.4, 0.5) is 14.5 Å². The molecule has 2 amide bonds. The molecule has 6 heteroatoms. The van der Waals surface area contributed by atoms with Crippen molar-refractivity contribution >= 4 is 17.5 Å². The van der Waals surface area contributed by atoms with E-state index >= 15 is 0 Å². The number of halogens is 2. The van der Waals surface area contributed by atoms with Gasteiger partial charge >= 0.3 is 0 Å². The van der Waals surface area contributed by atoms with Gasteiger partial charge in [0.2, 0.25) is 5.91 Å². The third-order valence-corrected chi connectivity index (χ3v) is 4.30. The first-order chi connectivity index (χ1) is 12.0. The predicted molar refractivity (Wildman–Crippen MR) is 90.1 cm³/mol. The van der Waals surface area contributed by atoms with Gasteiger partial charge in [-0.3, -0.25) is 9.59 Å². The lowest BCUT2D eigenvalue weighted by molar-refractivity contribution is -0.121. The van der Waals surface area contributed by atoms with E-state index in [1.165, 1.54) is 0 Å². The van der Waals surface area contributed by atoms with Gasteiger partial charge in [-0.1, -0.05) is 18.2 Å². The highest BCUT2D eigenvalue weighted by Crippen LogP contribution is 2.21. The zero-order chi connectivity index (χ0) is 17.8. The summed E-state index contributed by atoms with van der Waals surface area (Å²) in [7, 11) is 0. The number of hydrogen-bond acceptors (Lipinski definition) is 2. The zero-order valence-electron chi connectivity index (χ0n) is 13.5. The molecular formula is C19H18F2N2O2. The van der Waals surface area contributed by atoms with Gasteiger partial charge in [0.05, 0.1) is 0 Å². The molecular weight excluding hydrogens is 326 g/mol. The van der Waals surface area contributed by atoms with Crippen LogP contribution in [0.1, 0.15) is 23.2 Å². The molecule has 4 nitrogen and oxygen atoms in total. The van der Waals surface area contributed by atoms with Crippen molar-refractivity contribution < 1.29 is 18.4 Å². The fourth-order valence-corrected chi connectivity index (χ4v) is 2.98. The Morgan fingerprint density at radius 3 is 2.16 bits per heavy atom. The maximum absolute atomic E-state index is 13.2. The van der Waals surface area contributed by atoms with E-state index in [4.69, 9.17) is 0 Å². The standard InChI is InChI=1S/C19H18F2N2O2/c20-15-10-16(21)12-17(11-15)22-18(24)13-6-8-23(9-7-13)19(25)14-4-2-1-3-5-14/h1-5,10-13H,6-9H2,(H,22,24). The number of nitrogens with zero attached hydrogens (tertiary/aromatic N) is 1. The summed E-state index contributed by atoms with van der Waals surface area (Å²) in [5, 5.41) is 2.55. The Kier molecular flexibility index (Phi) is 5.07. The Bertz CT molecular complexity index is 752. The summed E-state index contributed by atoms with van der Waals surface area (Å²) in [5.74, 6) is -2.09. The van der Waals surface area contributed by atoms with Crippen LogP contribution in [0.5, 0.6) is 0 Å². The molecule has 0 bridgehead atoms. The molecule has 1 aliphatic rings. The smallest absolute Gasteiger partial charge is 0.253 e. The molecule has 130 valence electrons. The molecule has 2 aromatic carbocycles. The molecule has 0 saturated carbocycles. The summed E-state index contributed by atoms with van der Waals surface area (Å²) in [6.45, 7) is 0.951. The summed E-state index contributed by atoms with van der Waals surface area (Å²) >= 11 is 0. The molecule has 0 spiro atoms. The van der Waals surface area contributed by atoms with E-state index in [1.807, 2.05) is 18.2 Å². The number of benzene rings is 2. The van der Waals surface area contributed by atoms with E-state index in [1.54, 1.807) is 17.0 Å². The number of carbonyl (C=O) groups is 2. The van der Waals surface area contributed by atoms with Crippen LogP contribution in [0.2, 0.25) is 0 Å². The van der Waals surface area contributed by atoms with Gasteiger partial charge in [0.15, 0.2) is 0 Å². The normalized spacial score (nSPS) is 15.0. The summed E-state index contributed by atoms with van der Waals surface area (Å²) in [6, 6.07) is 11.9. The van der Waals surface area contributed by atoms with E-state index in [2.05, 4.69) is 5.32 Å². The first kappa shape index (κ1) is 17.1. The minimum atomic E-state index is -0.737. The van der Waals surface area contributed by atoms with Gasteiger partial charge in [0.25, 0.3) is 5.91 Å². The van der Waals surface area contributed by atoms with E-state index in [9.17, 15) is 18.4 Å². The summed E-state index contributed by atoms with van der Waals surface area (Å²) in [4.78, 5) is 26.4. The van der Waals surface area contributed by atoms with Gasteiger partial charge in [-0.25, -0.2) is 8.78 Å². The molecule has 0 unspecified atom stereocenters. The molecule has 0 atom stereocenters. The summed E-state index contributed by atoms with van der Waals surface area (Å²) in [6.07, 6.45) is 1.03. The molecule has 0 radical (unpaired) electrons. The molecule has 0 aliphatic carbocycles. The molecule has 1 N–H and O–H groups in total. The van der Waals surface area contributed by atoms with Gasteiger partial charge < -0.3 is 10.2 Å². The van der Waals surface area contributed by atoms with E-state index < -0.39 is 11.6 Å². The van der Waals surface area contributed by atoms with Crippen molar-refractivity contribution in [1.29, 1.82) is 0 Å². The number of nitrogens with one attached hydrogen (secondary N) is 1. The quantitative estimate of drug-likeness (QED) is 0.927. The van der Waals surface area contributed by atoms with Crippen LogP contribution in [0, 0.1) is 17.6 Å². The first-order valence-corrected chi connectivity index (χ1v) is 8.14. The highest BCUT2D eigenvalue weighted by atomic mass is 19.1. The Balaban J connectivity index is 1.56. The van der Waals surface area contributed by atoms with E-state index in [0.717, 1.165) is 18.2 Å². The first-order valence-electron chi connectivity index (χ1n) is 8.14. The van der Waals surface area contributed by atoms with Gasteiger partial charge in [0.1, 0.15) is 11.6 Å². The monoisotopic (exact) mass is 344 g/mol. The molecule has 1 fully saturated rings. The number of amides is 2. The molecule has 3 rings (SSSR count). The van der Waals surface area contributed by atoms with Crippen LogP contribution in [0.15, 0.2) is 48.5 Å². The predicted octanol–water partition coefficient (Wildman–Crippen LogP) is 3.46. The lowest BCUT2D eigenvalue weighted by Crippen LogP contribution is -2.41.